The quantitative estimate of drug-likeness (QED) is 0.828. The molecule has 0 aliphatic carbocycles. The minimum absolute atomic E-state index is 0.451. The van der Waals surface area contributed by atoms with E-state index in [1.807, 2.05) is 0 Å². The molecule has 2 nitrogen and oxygen atoms in total. The highest BCUT2D eigenvalue weighted by atomic mass is 32.2. The maximum absolute atomic E-state index is 13.1. The molecule has 0 N–H and O–H groups in total. The van der Waals surface area contributed by atoms with Gasteiger partial charge in [0.1, 0.15) is 11.1 Å². The molecule has 5 heteroatoms. The van der Waals surface area contributed by atoms with Gasteiger partial charge in [-0.25, -0.2) is 13.8 Å². The molecule has 0 fully saturated rings. The minimum Gasteiger partial charge on any atom is -0.248 e. The molecule has 0 saturated carbocycles. The fourth-order valence-corrected chi connectivity index (χ4v) is 2.34. The predicted molar refractivity (Wildman–Crippen MR) is 64.2 cm³/mol. The molecule has 1 aromatic heterocycles. The summed E-state index contributed by atoms with van der Waals surface area (Å²) in [6.45, 7) is 1.80. The second-order valence-corrected chi connectivity index (χ2v) is 4.66. The lowest BCUT2D eigenvalue weighted by Crippen LogP contribution is -1.91. The van der Waals surface area contributed by atoms with E-state index in [0.717, 1.165) is 29.5 Å². The molecule has 1 aromatic carbocycles. The van der Waals surface area contributed by atoms with Crippen molar-refractivity contribution in [1.29, 1.82) is 5.26 Å². The minimum atomic E-state index is -0.911. The third-order valence-corrected chi connectivity index (χ3v) is 3.33. The van der Waals surface area contributed by atoms with Gasteiger partial charge in [-0.1, -0.05) is 11.8 Å². The zero-order valence-electron chi connectivity index (χ0n) is 9.45. The second kappa shape index (κ2) is 5.15. The van der Waals surface area contributed by atoms with Gasteiger partial charge in [-0.2, -0.15) is 5.26 Å². The number of rotatable bonds is 2. The van der Waals surface area contributed by atoms with Crippen LogP contribution in [-0.2, 0) is 0 Å². The number of pyridine rings is 1. The summed E-state index contributed by atoms with van der Waals surface area (Å²) in [4.78, 5) is 4.59. The Balaban J connectivity index is 2.37. The largest absolute Gasteiger partial charge is 0.248 e. The van der Waals surface area contributed by atoms with Gasteiger partial charge >= 0.3 is 0 Å². The Morgan fingerprint density at radius 2 is 2.00 bits per heavy atom. The molecule has 0 aliphatic heterocycles. The second-order valence-electron chi connectivity index (χ2n) is 3.60. The summed E-state index contributed by atoms with van der Waals surface area (Å²) in [5, 5.41) is 9.53. The van der Waals surface area contributed by atoms with E-state index in [1.54, 1.807) is 19.2 Å². The first-order valence-electron chi connectivity index (χ1n) is 5.10. The molecule has 0 atom stereocenters. The zero-order chi connectivity index (χ0) is 13.1. The number of hydrogen-bond donors (Lipinski definition) is 0. The number of nitriles is 1. The number of halogens is 2. The molecule has 2 aromatic rings. The Hall–Kier alpha value is -1.93. The lowest BCUT2D eigenvalue weighted by Gasteiger charge is -2.05. The highest BCUT2D eigenvalue weighted by Gasteiger charge is 2.10. The van der Waals surface area contributed by atoms with Crippen molar-refractivity contribution in [3.63, 3.8) is 0 Å². The number of hydrogen-bond acceptors (Lipinski definition) is 3. The van der Waals surface area contributed by atoms with Crippen molar-refractivity contribution < 1.29 is 8.78 Å². The van der Waals surface area contributed by atoms with Crippen molar-refractivity contribution in [2.24, 2.45) is 0 Å². The van der Waals surface area contributed by atoms with Crippen molar-refractivity contribution in [3.8, 4) is 6.07 Å². The lowest BCUT2D eigenvalue weighted by molar-refractivity contribution is 0.506. The molecule has 2 rings (SSSR count). The summed E-state index contributed by atoms with van der Waals surface area (Å²) in [6.07, 6.45) is 1.58. The number of nitrogens with zero attached hydrogens (tertiary/aromatic N) is 2. The van der Waals surface area contributed by atoms with Crippen LogP contribution in [0.2, 0.25) is 0 Å². The topological polar surface area (TPSA) is 36.7 Å². The van der Waals surface area contributed by atoms with E-state index in [2.05, 4.69) is 11.1 Å². The van der Waals surface area contributed by atoms with Crippen LogP contribution in [0.1, 0.15) is 11.1 Å². The summed E-state index contributed by atoms with van der Waals surface area (Å²) < 4.78 is 25.9. The van der Waals surface area contributed by atoms with Gasteiger partial charge < -0.3 is 0 Å². The summed E-state index contributed by atoms with van der Waals surface area (Å²) in [7, 11) is 0. The Bertz CT molecular complexity index is 635. The van der Waals surface area contributed by atoms with Crippen LogP contribution in [0.3, 0.4) is 0 Å². The maximum atomic E-state index is 13.1. The van der Waals surface area contributed by atoms with E-state index in [-0.39, 0.29) is 0 Å². The standard InChI is InChI=1S/C13H8F2N2S/c1-8-4-5-17-13(10(8)7-16)18-9-2-3-11(14)12(15)6-9/h2-6H,1H3. The van der Waals surface area contributed by atoms with Crippen molar-refractivity contribution in [3.05, 3.63) is 53.2 Å². The van der Waals surface area contributed by atoms with Gasteiger partial charge in [-0.15, -0.1) is 0 Å². The van der Waals surface area contributed by atoms with Gasteiger partial charge in [0.2, 0.25) is 0 Å². The molecular formula is C13H8F2N2S. The molecule has 0 radical (unpaired) electrons. The van der Waals surface area contributed by atoms with Gasteiger partial charge in [0, 0.05) is 11.1 Å². The van der Waals surface area contributed by atoms with Crippen LogP contribution in [0.15, 0.2) is 40.4 Å². The SMILES string of the molecule is Cc1ccnc(Sc2ccc(F)c(F)c2)c1C#N. The lowest BCUT2D eigenvalue weighted by atomic mass is 10.2. The first-order chi connectivity index (χ1) is 8.61. The third kappa shape index (κ3) is 2.49. The Morgan fingerprint density at radius 3 is 2.67 bits per heavy atom. The average Bonchev–Trinajstić information content (AvgIpc) is 2.34. The summed E-state index contributed by atoms with van der Waals surface area (Å²) >= 11 is 1.14. The maximum Gasteiger partial charge on any atom is 0.159 e. The average molecular weight is 262 g/mol. The first-order valence-corrected chi connectivity index (χ1v) is 5.92. The number of aromatic nitrogens is 1. The highest BCUT2D eigenvalue weighted by Crippen LogP contribution is 2.30. The van der Waals surface area contributed by atoms with Gasteiger partial charge in [0.25, 0.3) is 0 Å². The van der Waals surface area contributed by atoms with E-state index in [4.69, 9.17) is 5.26 Å². The highest BCUT2D eigenvalue weighted by molar-refractivity contribution is 7.99. The Labute approximate surface area is 107 Å². The Morgan fingerprint density at radius 1 is 1.22 bits per heavy atom. The van der Waals surface area contributed by atoms with Gasteiger partial charge in [-0.05, 0) is 36.8 Å². The van der Waals surface area contributed by atoms with Gasteiger partial charge in [0.15, 0.2) is 11.6 Å². The molecule has 0 saturated heterocycles. The van der Waals surface area contributed by atoms with Crippen LogP contribution in [0.25, 0.3) is 0 Å². The predicted octanol–water partition coefficient (Wildman–Crippen LogP) is 3.69. The van der Waals surface area contributed by atoms with E-state index in [9.17, 15) is 8.78 Å². The van der Waals surface area contributed by atoms with Crippen LogP contribution < -0.4 is 0 Å². The first kappa shape index (κ1) is 12.5. The van der Waals surface area contributed by atoms with Crippen LogP contribution in [0, 0.1) is 29.9 Å². The van der Waals surface area contributed by atoms with Crippen LogP contribution in [0.5, 0.6) is 0 Å². The van der Waals surface area contributed by atoms with E-state index in [1.165, 1.54) is 6.07 Å². The normalized spacial score (nSPS) is 10.1. The molecule has 0 spiro atoms. The van der Waals surface area contributed by atoms with Crippen LogP contribution in [-0.4, -0.2) is 4.98 Å². The summed E-state index contributed by atoms with van der Waals surface area (Å²) in [5.74, 6) is -1.80. The van der Waals surface area contributed by atoms with Crippen molar-refractivity contribution in [2.75, 3.05) is 0 Å². The molecule has 0 unspecified atom stereocenters. The molecule has 1 heterocycles. The molecule has 0 amide bonds. The van der Waals surface area contributed by atoms with Crippen LogP contribution >= 0.6 is 11.8 Å². The van der Waals surface area contributed by atoms with Gasteiger partial charge in [-0.3, -0.25) is 0 Å². The summed E-state index contributed by atoms with van der Waals surface area (Å²) in [5.41, 5.74) is 1.25. The summed E-state index contributed by atoms with van der Waals surface area (Å²) in [6, 6.07) is 7.39. The number of benzene rings is 1. The molecular weight excluding hydrogens is 254 g/mol. The molecule has 90 valence electrons. The smallest absolute Gasteiger partial charge is 0.159 e. The monoisotopic (exact) mass is 262 g/mol. The van der Waals surface area contributed by atoms with E-state index < -0.39 is 11.6 Å². The van der Waals surface area contributed by atoms with Crippen molar-refractivity contribution in [1.82, 2.24) is 4.98 Å². The third-order valence-electron chi connectivity index (χ3n) is 2.34. The van der Waals surface area contributed by atoms with Crippen molar-refractivity contribution >= 4 is 11.8 Å². The zero-order valence-corrected chi connectivity index (χ0v) is 10.3. The fraction of sp³-hybridized carbons (Fsp3) is 0.0769. The number of aryl methyl sites for hydroxylation is 1. The molecule has 18 heavy (non-hydrogen) atoms. The van der Waals surface area contributed by atoms with Gasteiger partial charge in [0.05, 0.1) is 5.56 Å². The Kier molecular flexibility index (Phi) is 3.58. The fourth-order valence-electron chi connectivity index (χ4n) is 1.40. The van der Waals surface area contributed by atoms with Crippen LogP contribution in [0.4, 0.5) is 8.78 Å². The van der Waals surface area contributed by atoms with E-state index in [0.29, 0.717) is 15.5 Å². The molecule has 0 aliphatic rings. The van der Waals surface area contributed by atoms with Crippen molar-refractivity contribution in [2.45, 2.75) is 16.8 Å². The molecule has 0 bridgehead atoms. The van der Waals surface area contributed by atoms with E-state index >= 15 is 0 Å².